The number of benzene rings is 3. The quantitative estimate of drug-likeness (QED) is 0.212. The average molecular weight is 635 g/mol. The van der Waals surface area contributed by atoms with Crippen LogP contribution in [0.4, 0.5) is 5.69 Å². The zero-order valence-corrected chi connectivity index (χ0v) is 26.6. The van der Waals surface area contributed by atoms with Crippen LogP contribution in [0, 0.1) is 6.92 Å². The summed E-state index contributed by atoms with van der Waals surface area (Å²) >= 11 is 12.3. The van der Waals surface area contributed by atoms with E-state index in [0.717, 1.165) is 22.7 Å². The highest BCUT2D eigenvalue weighted by Crippen LogP contribution is 2.27. The van der Waals surface area contributed by atoms with Crippen LogP contribution in [0.15, 0.2) is 71.6 Å². The molecule has 0 aliphatic heterocycles. The Morgan fingerprint density at radius 2 is 1.62 bits per heavy atom. The number of nitrogens with zero attached hydrogens (tertiary/aromatic N) is 2. The number of rotatable bonds is 14. The Morgan fingerprint density at radius 1 is 0.952 bits per heavy atom. The van der Waals surface area contributed by atoms with E-state index in [-0.39, 0.29) is 17.3 Å². The molecule has 11 heteroatoms. The monoisotopic (exact) mass is 633 g/mol. The van der Waals surface area contributed by atoms with E-state index < -0.39 is 28.5 Å². The molecule has 0 aliphatic rings. The number of anilines is 1. The van der Waals surface area contributed by atoms with E-state index in [1.165, 1.54) is 17.0 Å². The molecule has 3 aromatic rings. The highest BCUT2D eigenvalue weighted by Gasteiger charge is 2.32. The van der Waals surface area contributed by atoms with Gasteiger partial charge in [0.05, 0.1) is 27.2 Å². The van der Waals surface area contributed by atoms with Crippen LogP contribution in [-0.4, -0.2) is 50.9 Å². The summed E-state index contributed by atoms with van der Waals surface area (Å²) in [6, 6.07) is 17.0. The summed E-state index contributed by atoms with van der Waals surface area (Å²) in [4.78, 5) is 28.4. The molecule has 0 unspecified atom stereocenters. The molecule has 0 saturated heterocycles. The third-order valence-electron chi connectivity index (χ3n) is 6.66. The van der Waals surface area contributed by atoms with Crippen molar-refractivity contribution in [2.45, 2.75) is 58.0 Å². The van der Waals surface area contributed by atoms with Gasteiger partial charge in [0, 0.05) is 13.1 Å². The van der Waals surface area contributed by atoms with Crippen molar-refractivity contribution in [1.29, 1.82) is 0 Å². The highest BCUT2D eigenvalue weighted by atomic mass is 35.5. The molecule has 0 radical (unpaired) electrons. The number of carbonyl (C=O) groups is 2. The lowest BCUT2D eigenvalue weighted by molar-refractivity contribution is -0.139. The maximum atomic E-state index is 14.0. The third kappa shape index (κ3) is 8.63. The molecule has 3 aromatic carbocycles. The molecule has 1 N–H and O–H groups in total. The van der Waals surface area contributed by atoms with Crippen LogP contribution in [0.2, 0.25) is 10.0 Å². The first-order valence-corrected chi connectivity index (χ1v) is 16.0. The Balaban J connectivity index is 2.00. The van der Waals surface area contributed by atoms with Crippen LogP contribution < -0.4 is 14.4 Å². The molecule has 0 heterocycles. The number of unbranched alkanes of at least 4 members (excludes halogenated alkanes) is 1. The first-order valence-electron chi connectivity index (χ1n) is 13.8. The lowest BCUT2D eigenvalue weighted by atomic mass is 10.1. The minimum atomic E-state index is -4.18. The molecule has 2 amide bonds. The van der Waals surface area contributed by atoms with Gasteiger partial charge in [-0.25, -0.2) is 8.42 Å². The van der Waals surface area contributed by atoms with E-state index in [1.54, 1.807) is 61.5 Å². The van der Waals surface area contributed by atoms with Crippen LogP contribution in [0.1, 0.15) is 44.7 Å². The third-order valence-corrected chi connectivity index (χ3v) is 9.18. The second-order valence-electron chi connectivity index (χ2n) is 9.84. The van der Waals surface area contributed by atoms with E-state index in [1.807, 2.05) is 20.8 Å². The SMILES string of the molecule is CCCCNC(=O)[C@@H](C)N(Cc1ccc(Cl)c(Cl)c1)C(=O)CN(c1ccc(C)cc1)S(=O)(=O)c1ccc(OCC)cc1. The predicted molar refractivity (Wildman–Crippen MR) is 168 cm³/mol. The molecular formula is C31H37Cl2N3O5S. The topological polar surface area (TPSA) is 96.0 Å². The Labute approximate surface area is 258 Å². The maximum absolute atomic E-state index is 14.0. The number of sulfonamides is 1. The number of hydrogen-bond acceptors (Lipinski definition) is 5. The van der Waals surface area contributed by atoms with Crippen LogP contribution in [-0.2, 0) is 26.2 Å². The lowest BCUT2D eigenvalue weighted by Crippen LogP contribution is -2.51. The van der Waals surface area contributed by atoms with Crippen molar-refractivity contribution in [2.75, 3.05) is 24.0 Å². The summed E-state index contributed by atoms with van der Waals surface area (Å²) < 4.78 is 34.5. The number of amides is 2. The van der Waals surface area contributed by atoms with Gasteiger partial charge in [0.1, 0.15) is 18.3 Å². The molecule has 226 valence electrons. The molecular weight excluding hydrogens is 597 g/mol. The van der Waals surface area contributed by atoms with Gasteiger partial charge in [-0.3, -0.25) is 13.9 Å². The van der Waals surface area contributed by atoms with E-state index in [2.05, 4.69) is 5.32 Å². The van der Waals surface area contributed by atoms with Crippen molar-refractivity contribution in [3.63, 3.8) is 0 Å². The highest BCUT2D eigenvalue weighted by molar-refractivity contribution is 7.92. The van der Waals surface area contributed by atoms with Crippen molar-refractivity contribution in [1.82, 2.24) is 10.2 Å². The minimum absolute atomic E-state index is 0.000665. The molecule has 42 heavy (non-hydrogen) atoms. The molecule has 0 saturated carbocycles. The number of aryl methyl sites for hydroxylation is 1. The van der Waals surface area contributed by atoms with Gasteiger partial charge in [0.25, 0.3) is 10.0 Å². The number of halogens is 2. The van der Waals surface area contributed by atoms with Crippen molar-refractivity contribution >= 4 is 50.7 Å². The Bertz CT molecular complexity index is 1460. The fourth-order valence-corrected chi connectivity index (χ4v) is 5.93. The summed E-state index contributed by atoms with van der Waals surface area (Å²) in [7, 11) is -4.18. The molecule has 8 nitrogen and oxygen atoms in total. The second-order valence-corrected chi connectivity index (χ2v) is 12.5. The lowest BCUT2D eigenvalue weighted by Gasteiger charge is -2.32. The number of nitrogens with one attached hydrogen (secondary N) is 1. The molecule has 0 aromatic heterocycles. The molecule has 1 atom stereocenters. The van der Waals surface area contributed by atoms with Gasteiger partial charge >= 0.3 is 0 Å². The van der Waals surface area contributed by atoms with Gasteiger partial charge < -0.3 is 15.0 Å². The normalized spacial score (nSPS) is 12.0. The van der Waals surface area contributed by atoms with Gasteiger partial charge in [-0.2, -0.15) is 0 Å². The Kier molecular flexibility index (Phi) is 12.1. The number of hydrogen-bond donors (Lipinski definition) is 1. The minimum Gasteiger partial charge on any atom is -0.494 e. The van der Waals surface area contributed by atoms with E-state index in [4.69, 9.17) is 27.9 Å². The fourth-order valence-electron chi connectivity index (χ4n) is 4.19. The molecule has 0 aliphatic carbocycles. The second kappa shape index (κ2) is 15.3. The summed E-state index contributed by atoms with van der Waals surface area (Å²) in [5.74, 6) is -0.368. The van der Waals surface area contributed by atoms with Gasteiger partial charge in [0.2, 0.25) is 11.8 Å². The fraction of sp³-hybridized carbons (Fsp3) is 0.355. The standard InChI is InChI=1S/C31H37Cl2N3O5S/c1-5-7-18-34-31(38)23(4)35(20-24-10-17-28(32)29(33)19-24)30(37)21-36(25-11-8-22(3)9-12-25)42(39,40)27-15-13-26(14-16-27)41-6-2/h8-17,19,23H,5-7,18,20-21H2,1-4H3,(H,34,38)/t23-/m1/s1. The number of carbonyl (C=O) groups excluding carboxylic acids is 2. The van der Waals surface area contributed by atoms with Gasteiger partial charge in [-0.15, -0.1) is 0 Å². The average Bonchev–Trinajstić information content (AvgIpc) is 2.97. The largest absolute Gasteiger partial charge is 0.494 e. The zero-order valence-electron chi connectivity index (χ0n) is 24.3. The van der Waals surface area contributed by atoms with Crippen LogP contribution in [0.5, 0.6) is 5.75 Å². The van der Waals surface area contributed by atoms with Crippen LogP contribution in [0.3, 0.4) is 0 Å². The van der Waals surface area contributed by atoms with Gasteiger partial charge in [-0.05, 0) is 81.3 Å². The van der Waals surface area contributed by atoms with Crippen molar-refractivity contribution < 1.29 is 22.7 Å². The Morgan fingerprint density at radius 3 is 2.21 bits per heavy atom. The molecule has 0 spiro atoms. The molecule has 0 bridgehead atoms. The first-order chi connectivity index (χ1) is 20.0. The van der Waals surface area contributed by atoms with Gasteiger partial charge in [0.15, 0.2) is 0 Å². The summed E-state index contributed by atoms with van der Waals surface area (Å²) in [5.41, 5.74) is 1.89. The Hall–Kier alpha value is -3.27. The van der Waals surface area contributed by atoms with E-state index in [0.29, 0.717) is 40.2 Å². The van der Waals surface area contributed by atoms with Crippen molar-refractivity contribution in [2.24, 2.45) is 0 Å². The van der Waals surface area contributed by atoms with Crippen LogP contribution >= 0.6 is 23.2 Å². The smallest absolute Gasteiger partial charge is 0.264 e. The van der Waals surface area contributed by atoms with E-state index in [9.17, 15) is 18.0 Å². The number of ether oxygens (including phenoxy) is 1. The first kappa shape index (κ1) is 33.2. The van der Waals surface area contributed by atoms with E-state index >= 15 is 0 Å². The summed E-state index contributed by atoms with van der Waals surface area (Å²) in [6.45, 7) is 7.75. The molecule has 0 fully saturated rings. The van der Waals surface area contributed by atoms with Gasteiger partial charge in [-0.1, -0.05) is 60.3 Å². The zero-order chi connectivity index (χ0) is 30.9. The maximum Gasteiger partial charge on any atom is 0.264 e. The summed E-state index contributed by atoms with van der Waals surface area (Å²) in [6.07, 6.45) is 1.69. The summed E-state index contributed by atoms with van der Waals surface area (Å²) in [5, 5.41) is 3.53. The predicted octanol–water partition coefficient (Wildman–Crippen LogP) is 6.23. The molecule has 3 rings (SSSR count). The van der Waals surface area contributed by atoms with Crippen molar-refractivity contribution in [3.05, 3.63) is 87.9 Å². The van der Waals surface area contributed by atoms with Crippen LogP contribution in [0.25, 0.3) is 0 Å². The van der Waals surface area contributed by atoms with Crippen molar-refractivity contribution in [3.8, 4) is 5.75 Å².